The summed E-state index contributed by atoms with van der Waals surface area (Å²) < 4.78 is 39.7. The van der Waals surface area contributed by atoms with Crippen molar-refractivity contribution in [3.05, 3.63) is 35.9 Å². The van der Waals surface area contributed by atoms with Crippen molar-refractivity contribution in [2.75, 3.05) is 0 Å². The average molecular weight is 317 g/mol. The van der Waals surface area contributed by atoms with Crippen molar-refractivity contribution in [3.63, 3.8) is 0 Å². The Morgan fingerprint density at radius 2 is 1.73 bits per heavy atom. The Morgan fingerprint density at radius 3 is 2.14 bits per heavy atom. The highest BCUT2D eigenvalue weighted by molar-refractivity contribution is 5.73. The average Bonchev–Trinajstić information content (AvgIpc) is 2.36. The lowest BCUT2D eigenvalue weighted by Gasteiger charge is -2.27. The quantitative estimate of drug-likeness (QED) is 0.828. The number of aliphatic carboxylic acids is 1. The van der Waals surface area contributed by atoms with E-state index in [1.165, 1.54) is 24.3 Å². The van der Waals surface area contributed by atoms with Gasteiger partial charge in [0.25, 0.3) is 0 Å². The summed E-state index contributed by atoms with van der Waals surface area (Å²) in [7, 11) is 0. The molecule has 0 heterocycles. The van der Waals surface area contributed by atoms with Crippen LogP contribution in [0, 0.1) is 5.41 Å². The number of hydrogen-bond acceptors (Lipinski definition) is 2. The summed E-state index contributed by atoms with van der Waals surface area (Å²) in [4.78, 5) is 11.3. The molecule has 0 saturated heterocycles. The molecule has 0 saturated carbocycles. The number of halogens is 3. The van der Waals surface area contributed by atoms with Gasteiger partial charge in [0.1, 0.15) is 12.1 Å². The van der Waals surface area contributed by atoms with Crippen LogP contribution in [0.4, 0.5) is 13.2 Å². The van der Waals surface area contributed by atoms with Gasteiger partial charge in [-0.2, -0.15) is 13.2 Å². The molecule has 0 unspecified atom stereocenters. The van der Waals surface area contributed by atoms with E-state index in [1.54, 1.807) is 6.07 Å². The molecule has 1 rings (SSSR count). The lowest BCUT2D eigenvalue weighted by molar-refractivity contribution is -0.163. The number of benzene rings is 1. The fourth-order valence-electron chi connectivity index (χ4n) is 2.08. The highest BCUT2D eigenvalue weighted by Crippen LogP contribution is 2.33. The van der Waals surface area contributed by atoms with E-state index in [-0.39, 0.29) is 17.4 Å². The number of carboxylic acids is 1. The minimum Gasteiger partial charge on any atom is -0.480 e. The highest BCUT2D eigenvalue weighted by Gasteiger charge is 2.42. The van der Waals surface area contributed by atoms with Crippen LogP contribution < -0.4 is 5.32 Å². The Labute approximate surface area is 128 Å². The fourth-order valence-corrected chi connectivity index (χ4v) is 2.08. The molecule has 2 N–H and O–H groups in total. The number of alkyl halides is 3. The molecule has 6 heteroatoms. The molecule has 124 valence electrons. The third-order valence-corrected chi connectivity index (χ3v) is 3.31. The van der Waals surface area contributed by atoms with E-state index in [2.05, 4.69) is 5.32 Å². The maximum absolute atomic E-state index is 13.2. The van der Waals surface area contributed by atoms with Crippen molar-refractivity contribution >= 4 is 5.97 Å². The predicted molar refractivity (Wildman–Crippen MR) is 78.5 cm³/mol. The Morgan fingerprint density at radius 1 is 1.18 bits per heavy atom. The monoisotopic (exact) mass is 317 g/mol. The molecule has 0 aliphatic heterocycles. The van der Waals surface area contributed by atoms with E-state index < -0.39 is 24.2 Å². The largest absolute Gasteiger partial charge is 0.480 e. The molecule has 2 atom stereocenters. The van der Waals surface area contributed by atoms with Crippen molar-refractivity contribution in [1.29, 1.82) is 0 Å². The van der Waals surface area contributed by atoms with Gasteiger partial charge in [0.05, 0.1) is 0 Å². The zero-order chi connectivity index (χ0) is 17.0. The van der Waals surface area contributed by atoms with Gasteiger partial charge < -0.3 is 5.11 Å². The van der Waals surface area contributed by atoms with Gasteiger partial charge in [-0.25, -0.2) is 0 Å². The van der Waals surface area contributed by atoms with Gasteiger partial charge in [0.15, 0.2) is 0 Å². The van der Waals surface area contributed by atoms with Crippen LogP contribution in [0.1, 0.15) is 45.2 Å². The van der Waals surface area contributed by atoms with Crippen LogP contribution in [-0.2, 0) is 4.79 Å². The minimum atomic E-state index is -4.56. The SMILES string of the molecule is CC(C)(C)CC[C@H](N[C@H](c1ccccc1)C(F)(F)F)C(=O)O. The Hall–Kier alpha value is -1.56. The molecule has 0 aromatic heterocycles. The second-order valence-electron chi connectivity index (χ2n) is 6.54. The van der Waals surface area contributed by atoms with Crippen LogP contribution in [-0.4, -0.2) is 23.3 Å². The van der Waals surface area contributed by atoms with Crippen molar-refractivity contribution < 1.29 is 23.1 Å². The molecule has 1 aromatic carbocycles. The molecular formula is C16H22F3NO2. The van der Waals surface area contributed by atoms with E-state index in [1.807, 2.05) is 20.8 Å². The van der Waals surface area contributed by atoms with Crippen LogP contribution >= 0.6 is 0 Å². The second kappa shape index (κ2) is 7.13. The third-order valence-electron chi connectivity index (χ3n) is 3.31. The second-order valence-corrected chi connectivity index (χ2v) is 6.54. The van der Waals surface area contributed by atoms with Gasteiger partial charge in [-0.05, 0) is 23.8 Å². The number of carboxylic acid groups (broad SMARTS) is 1. The van der Waals surface area contributed by atoms with Gasteiger partial charge in [-0.3, -0.25) is 10.1 Å². The molecule has 0 aliphatic carbocycles. The Balaban J connectivity index is 2.93. The summed E-state index contributed by atoms with van der Waals surface area (Å²) in [5.41, 5.74) is -0.132. The van der Waals surface area contributed by atoms with Gasteiger partial charge in [-0.15, -0.1) is 0 Å². The summed E-state index contributed by atoms with van der Waals surface area (Å²) in [5, 5.41) is 11.5. The maximum atomic E-state index is 13.2. The van der Waals surface area contributed by atoms with Crippen molar-refractivity contribution in [3.8, 4) is 0 Å². The Bertz CT molecular complexity index is 480. The normalized spacial score (nSPS) is 15.4. The molecule has 0 bridgehead atoms. The molecule has 0 fully saturated rings. The molecule has 22 heavy (non-hydrogen) atoms. The topological polar surface area (TPSA) is 49.3 Å². The van der Waals surface area contributed by atoms with E-state index in [0.29, 0.717) is 6.42 Å². The van der Waals surface area contributed by atoms with Crippen LogP contribution in [0.15, 0.2) is 30.3 Å². The van der Waals surface area contributed by atoms with Crippen LogP contribution in [0.25, 0.3) is 0 Å². The molecule has 1 aromatic rings. The molecule has 0 aliphatic rings. The molecular weight excluding hydrogens is 295 g/mol. The number of nitrogens with one attached hydrogen (secondary N) is 1. The van der Waals surface area contributed by atoms with E-state index in [4.69, 9.17) is 0 Å². The first-order valence-electron chi connectivity index (χ1n) is 7.11. The predicted octanol–water partition coefficient (Wildman–Crippen LogP) is 4.16. The lowest BCUT2D eigenvalue weighted by atomic mass is 9.88. The number of hydrogen-bond donors (Lipinski definition) is 2. The van der Waals surface area contributed by atoms with Crippen molar-refractivity contribution in [2.24, 2.45) is 5.41 Å². The summed E-state index contributed by atoms with van der Waals surface area (Å²) in [6.07, 6.45) is -3.91. The number of rotatable bonds is 6. The van der Waals surface area contributed by atoms with Crippen molar-refractivity contribution in [2.45, 2.75) is 51.9 Å². The summed E-state index contributed by atoms with van der Waals surface area (Å²) >= 11 is 0. The first-order chi connectivity index (χ1) is 10.0. The highest BCUT2D eigenvalue weighted by atomic mass is 19.4. The minimum absolute atomic E-state index is 0.0111. The molecule has 0 amide bonds. The molecule has 0 radical (unpaired) electrons. The maximum Gasteiger partial charge on any atom is 0.407 e. The lowest BCUT2D eigenvalue weighted by Crippen LogP contribution is -2.45. The van der Waals surface area contributed by atoms with Crippen LogP contribution in [0.5, 0.6) is 0 Å². The third kappa shape index (κ3) is 6.05. The smallest absolute Gasteiger partial charge is 0.407 e. The number of carbonyl (C=O) groups is 1. The first kappa shape index (κ1) is 18.5. The van der Waals surface area contributed by atoms with Gasteiger partial charge >= 0.3 is 12.1 Å². The standard InChI is InChI=1S/C16H22F3NO2/c1-15(2,3)10-9-12(14(21)22)20-13(16(17,18)19)11-7-5-4-6-8-11/h4-8,12-13,20H,9-10H2,1-3H3,(H,21,22)/t12-,13+/m0/s1. The summed E-state index contributed by atoms with van der Waals surface area (Å²) in [6.45, 7) is 5.76. The zero-order valence-corrected chi connectivity index (χ0v) is 12.9. The van der Waals surface area contributed by atoms with E-state index >= 15 is 0 Å². The molecule has 0 spiro atoms. The Kier molecular flexibility index (Phi) is 6.00. The van der Waals surface area contributed by atoms with Gasteiger partial charge in [0.2, 0.25) is 0 Å². The van der Waals surface area contributed by atoms with Gasteiger partial charge in [0, 0.05) is 0 Å². The molecule has 3 nitrogen and oxygen atoms in total. The van der Waals surface area contributed by atoms with Gasteiger partial charge in [-0.1, -0.05) is 51.1 Å². The zero-order valence-electron chi connectivity index (χ0n) is 12.9. The van der Waals surface area contributed by atoms with E-state index in [0.717, 1.165) is 0 Å². The fraction of sp³-hybridized carbons (Fsp3) is 0.562. The van der Waals surface area contributed by atoms with Crippen molar-refractivity contribution in [1.82, 2.24) is 5.32 Å². The van der Waals surface area contributed by atoms with Crippen LogP contribution in [0.2, 0.25) is 0 Å². The summed E-state index contributed by atoms with van der Waals surface area (Å²) in [5.74, 6) is -1.27. The first-order valence-corrected chi connectivity index (χ1v) is 7.11. The van der Waals surface area contributed by atoms with Crippen LogP contribution in [0.3, 0.4) is 0 Å². The van der Waals surface area contributed by atoms with E-state index in [9.17, 15) is 23.1 Å². The summed E-state index contributed by atoms with van der Waals surface area (Å²) in [6, 6.07) is 4.06.